The maximum absolute atomic E-state index is 6.29. The first-order chi connectivity index (χ1) is 14.8. The van der Waals surface area contributed by atoms with Gasteiger partial charge in [0.05, 0.1) is 16.7 Å². The molecular weight excluding hydrogens is 385 g/mol. The van der Waals surface area contributed by atoms with Crippen LogP contribution in [0.3, 0.4) is 0 Å². The topological polar surface area (TPSA) is 46.8 Å². The molecule has 3 heterocycles. The van der Waals surface area contributed by atoms with Crippen molar-refractivity contribution in [1.82, 2.24) is 4.98 Å². The van der Waals surface area contributed by atoms with Gasteiger partial charge in [0.1, 0.15) is 12.2 Å². The first-order valence-electron chi connectivity index (χ1n) is 11.0. The lowest BCUT2D eigenvalue weighted by Gasteiger charge is -2.32. The fraction of sp³-hybridized carbons (Fsp3) is 0.308. The molecule has 1 aliphatic carbocycles. The van der Waals surface area contributed by atoms with Gasteiger partial charge in [-0.05, 0) is 55.9 Å². The van der Waals surface area contributed by atoms with E-state index in [1.54, 1.807) is 0 Å². The van der Waals surface area contributed by atoms with Gasteiger partial charge in [-0.2, -0.15) is 0 Å². The monoisotopic (exact) mass is 409 g/mol. The number of nitrogens with one attached hydrogen (secondary N) is 1. The minimum Gasteiger partial charge on any atom is -0.399 e. The van der Waals surface area contributed by atoms with Crippen LogP contribution >= 0.6 is 0 Å². The highest BCUT2D eigenvalue weighted by Crippen LogP contribution is 2.60. The van der Waals surface area contributed by atoms with E-state index in [0.717, 1.165) is 11.0 Å². The molecule has 2 fully saturated rings. The number of H-pyrrole nitrogens is 1. The molecule has 2 aliphatic heterocycles. The minimum absolute atomic E-state index is 0.143. The molecule has 2 saturated heterocycles. The molecule has 5 heteroatoms. The predicted molar refractivity (Wildman–Crippen MR) is 124 cm³/mol. The lowest BCUT2D eigenvalue weighted by Crippen LogP contribution is -2.41. The van der Waals surface area contributed by atoms with E-state index >= 15 is 0 Å². The van der Waals surface area contributed by atoms with Crippen molar-refractivity contribution in [3.8, 4) is 11.1 Å². The van der Waals surface area contributed by atoms with Crippen LogP contribution in [0.25, 0.3) is 32.9 Å². The summed E-state index contributed by atoms with van der Waals surface area (Å²) < 4.78 is 18.7. The van der Waals surface area contributed by atoms with Gasteiger partial charge in [-0.15, -0.1) is 0 Å². The average molecular weight is 409 g/mol. The highest BCUT2D eigenvalue weighted by atomic mass is 16.7. The quantitative estimate of drug-likeness (QED) is 0.338. The summed E-state index contributed by atoms with van der Waals surface area (Å²) in [5, 5.41) is 2.42. The Labute approximate surface area is 181 Å². The standard InChI is InChI=1S/C26H24BNO3/c1-25(2)26(3,4)31-27(30-25)14-9-12-20-19(13-14)17-11-10-16-15-7-5-6-8-18(15)23-24(29-23)21(16)22(17)28-20/h5-13,23-24,28H,1-4H3. The number of ether oxygens (including phenoxy) is 1. The van der Waals surface area contributed by atoms with E-state index in [1.807, 2.05) is 0 Å². The van der Waals surface area contributed by atoms with Gasteiger partial charge < -0.3 is 19.0 Å². The Kier molecular flexibility index (Phi) is 3.26. The second-order valence-corrected chi connectivity index (χ2v) is 10.0. The van der Waals surface area contributed by atoms with Crippen LogP contribution in [0.1, 0.15) is 51.0 Å². The van der Waals surface area contributed by atoms with Crippen LogP contribution in [0.5, 0.6) is 0 Å². The second-order valence-electron chi connectivity index (χ2n) is 10.0. The molecular formula is C26H24BNO3. The minimum atomic E-state index is -0.361. The zero-order valence-corrected chi connectivity index (χ0v) is 18.2. The van der Waals surface area contributed by atoms with E-state index in [-0.39, 0.29) is 30.5 Å². The highest BCUT2D eigenvalue weighted by Gasteiger charge is 2.52. The first kappa shape index (κ1) is 18.0. The Balaban J connectivity index is 1.40. The lowest BCUT2D eigenvalue weighted by molar-refractivity contribution is 0.00578. The summed E-state index contributed by atoms with van der Waals surface area (Å²) in [5.74, 6) is 0. The van der Waals surface area contributed by atoms with E-state index in [4.69, 9.17) is 14.0 Å². The third-order valence-electron chi connectivity index (χ3n) is 7.70. The number of epoxide rings is 1. The molecule has 0 radical (unpaired) electrons. The summed E-state index contributed by atoms with van der Waals surface area (Å²) in [4.78, 5) is 3.68. The van der Waals surface area contributed by atoms with Gasteiger partial charge in [0.2, 0.25) is 0 Å². The summed E-state index contributed by atoms with van der Waals surface area (Å²) >= 11 is 0. The van der Waals surface area contributed by atoms with E-state index in [1.165, 1.54) is 38.5 Å². The SMILES string of the molecule is CC1(C)OB(c2ccc3[nH]c4c5c(ccc4c3c2)-c2ccccc2C2OC52)OC1(C)C. The smallest absolute Gasteiger partial charge is 0.399 e. The largest absolute Gasteiger partial charge is 0.494 e. The first-order valence-corrected chi connectivity index (χ1v) is 11.0. The van der Waals surface area contributed by atoms with Gasteiger partial charge in [-0.25, -0.2) is 0 Å². The molecule has 3 aliphatic rings. The van der Waals surface area contributed by atoms with Crippen molar-refractivity contribution in [1.29, 1.82) is 0 Å². The molecule has 4 aromatic rings. The fourth-order valence-electron chi connectivity index (χ4n) is 5.22. The molecule has 31 heavy (non-hydrogen) atoms. The van der Waals surface area contributed by atoms with Gasteiger partial charge in [0.15, 0.2) is 0 Å². The zero-order chi connectivity index (χ0) is 21.1. The Bertz CT molecular complexity index is 1390. The van der Waals surface area contributed by atoms with Crippen molar-refractivity contribution in [3.63, 3.8) is 0 Å². The van der Waals surface area contributed by atoms with Crippen molar-refractivity contribution < 1.29 is 14.0 Å². The number of benzene rings is 3. The number of aromatic nitrogens is 1. The fourth-order valence-corrected chi connectivity index (χ4v) is 5.22. The molecule has 3 aromatic carbocycles. The molecule has 7 rings (SSSR count). The van der Waals surface area contributed by atoms with Crippen LogP contribution in [-0.2, 0) is 14.0 Å². The molecule has 0 amide bonds. The molecule has 154 valence electrons. The maximum Gasteiger partial charge on any atom is 0.494 e. The van der Waals surface area contributed by atoms with E-state index < -0.39 is 0 Å². The van der Waals surface area contributed by atoms with Crippen LogP contribution in [0, 0.1) is 0 Å². The third-order valence-corrected chi connectivity index (χ3v) is 7.70. The molecule has 2 atom stereocenters. The summed E-state index contributed by atoms with van der Waals surface area (Å²) in [6.07, 6.45) is 0.324. The third kappa shape index (κ3) is 2.32. The van der Waals surface area contributed by atoms with E-state index in [9.17, 15) is 0 Å². The van der Waals surface area contributed by atoms with E-state index in [0.29, 0.717) is 0 Å². The predicted octanol–water partition coefficient (Wildman–Crippen LogP) is 5.41. The second kappa shape index (κ2) is 5.60. The maximum atomic E-state index is 6.29. The van der Waals surface area contributed by atoms with Gasteiger partial charge >= 0.3 is 7.12 Å². The average Bonchev–Trinajstić information content (AvgIpc) is 3.40. The zero-order valence-electron chi connectivity index (χ0n) is 18.2. The van der Waals surface area contributed by atoms with Gasteiger partial charge in [0, 0.05) is 21.9 Å². The number of hydrogen-bond acceptors (Lipinski definition) is 3. The molecule has 0 spiro atoms. The normalized spacial score (nSPS) is 24.8. The molecule has 1 N–H and O–H groups in total. The van der Waals surface area contributed by atoms with Crippen molar-refractivity contribution in [2.75, 3.05) is 0 Å². The molecule has 1 aromatic heterocycles. The Hall–Kier alpha value is -2.60. The van der Waals surface area contributed by atoms with E-state index in [2.05, 4.69) is 87.3 Å². The number of hydrogen-bond donors (Lipinski definition) is 1. The molecule has 2 unspecified atom stereocenters. The van der Waals surface area contributed by atoms with Gasteiger partial charge in [-0.3, -0.25) is 0 Å². The van der Waals surface area contributed by atoms with Crippen molar-refractivity contribution in [2.45, 2.75) is 51.1 Å². The Morgan fingerprint density at radius 2 is 1.58 bits per heavy atom. The van der Waals surface area contributed by atoms with Crippen molar-refractivity contribution in [2.24, 2.45) is 0 Å². The van der Waals surface area contributed by atoms with Gasteiger partial charge in [0.25, 0.3) is 0 Å². The number of fused-ring (bicyclic) bond motifs is 10. The summed E-state index contributed by atoms with van der Waals surface area (Å²) in [7, 11) is -0.361. The highest BCUT2D eigenvalue weighted by molar-refractivity contribution is 6.62. The number of aromatic amines is 1. The molecule has 4 nitrogen and oxygen atoms in total. The molecule has 0 bridgehead atoms. The summed E-state index contributed by atoms with van der Waals surface area (Å²) in [6, 6.07) is 19.6. The number of rotatable bonds is 1. The van der Waals surface area contributed by atoms with Crippen LogP contribution in [-0.4, -0.2) is 23.3 Å². The van der Waals surface area contributed by atoms with Gasteiger partial charge in [-0.1, -0.05) is 48.5 Å². The summed E-state index contributed by atoms with van der Waals surface area (Å²) in [5.41, 5.74) is 7.81. The molecule has 0 saturated carbocycles. The van der Waals surface area contributed by atoms with Crippen LogP contribution in [0.15, 0.2) is 54.6 Å². The van der Waals surface area contributed by atoms with Crippen molar-refractivity contribution >= 4 is 34.4 Å². The van der Waals surface area contributed by atoms with Crippen molar-refractivity contribution in [3.05, 3.63) is 65.7 Å². The lowest BCUT2D eigenvalue weighted by atomic mass is 9.78. The van der Waals surface area contributed by atoms with Crippen LogP contribution < -0.4 is 5.46 Å². The Morgan fingerprint density at radius 3 is 2.39 bits per heavy atom. The van der Waals surface area contributed by atoms with Crippen LogP contribution in [0.2, 0.25) is 0 Å². The Morgan fingerprint density at radius 1 is 0.806 bits per heavy atom. The summed E-state index contributed by atoms with van der Waals surface area (Å²) in [6.45, 7) is 8.36. The van der Waals surface area contributed by atoms with Crippen LogP contribution in [0.4, 0.5) is 0 Å².